The predicted molar refractivity (Wildman–Crippen MR) is 111 cm³/mol. The van der Waals surface area contributed by atoms with E-state index in [9.17, 15) is 0 Å². The highest BCUT2D eigenvalue weighted by Crippen LogP contribution is 2.18. The molecule has 1 saturated heterocycles. The number of likely N-dealkylation sites (tertiary alicyclic amines) is 1. The van der Waals surface area contributed by atoms with Crippen molar-refractivity contribution < 1.29 is 0 Å². The van der Waals surface area contributed by atoms with Gasteiger partial charge in [0.15, 0.2) is 5.96 Å². The van der Waals surface area contributed by atoms with E-state index < -0.39 is 0 Å². The van der Waals surface area contributed by atoms with Crippen LogP contribution in [-0.2, 0) is 6.42 Å². The lowest BCUT2D eigenvalue weighted by Crippen LogP contribution is -2.50. The van der Waals surface area contributed by atoms with Gasteiger partial charge in [-0.25, -0.2) is 0 Å². The largest absolute Gasteiger partial charge is 0.361 e. The first kappa shape index (κ1) is 18.8. The second kappa shape index (κ2) is 9.08. The number of nitrogens with one attached hydrogen (secondary N) is 3. The molecule has 0 amide bonds. The summed E-state index contributed by atoms with van der Waals surface area (Å²) in [4.78, 5) is 10.3. The highest BCUT2D eigenvalue weighted by Gasteiger charge is 2.21. The fourth-order valence-corrected chi connectivity index (χ4v) is 3.77. The van der Waals surface area contributed by atoms with Gasteiger partial charge in [-0.3, -0.25) is 4.99 Å². The summed E-state index contributed by atoms with van der Waals surface area (Å²) in [6.07, 6.45) is 6.68. The van der Waals surface area contributed by atoms with Gasteiger partial charge >= 0.3 is 0 Å². The van der Waals surface area contributed by atoms with Crippen molar-refractivity contribution in [3.05, 3.63) is 36.0 Å². The fourth-order valence-electron chi connectivity index (χ4n) is 3.77. The van der Waals surface area contributed by atoms with Crippen LogP contribution in [0.15, 0.2) is 35.5 Å². The van der Waals surface area contributed by atoms with E-state index in [4.69, 9.17) is 0 Å². The minimum absolute atomic E-state index is 0.532. The van der Waals surface area contributed by atoms with Gasteiger partial charge in [0.25, 0.3) is 0 Å². The van der Waals surface area contributed by atoms with E-state index in [1.807, 2.05) is 7.05 Å². The number of hydrogen-bond acceptors (Lipinski definition) is 2. The molecule has 5 nitrogen and oxygen atoms in total. The Morgan fingerprint density at radius 3 is 2.77 bits per heavy atom. The van der Waals surface area contributed by atoms with Crippen molar-refractivity contribution in [3.63, 3.8) is 0 Å². The summed E-state index contributed by atoms with van der Waals surface area (Å²) in [6.45, 7) is 7.84. The molecule has 5 heteroatoms. The monoisotopic (exact) mass is 355 g/mol. The van der Waals surface area contributed by atoms with E-state index >= 15 is 0 Å². The maximum absolute atomic E-state index is 4.40. The number of H-pyrrole nitrogens is 1. The van der Waals surface area contributed by atoms with Crippen LogP contribution in [0.4, 0.5) is 0 Å². The van der Waals surface area contributed by atoms with Gasteiger partial charge in [-0.1, -0.05) is 18.2 Å². The maximum atomic E-state index is 4.40. The van der Waals surface area contributed by atoms with Crippen LogP contribution in [0, 0.1) is 0 Å². The Balaban J connectivity index is 1.39. The Kier molecular flexibility index (Phi) is 6.56. The van der Waals surface area contributed by atoms with Gasteiger partial charge in [-0.2, -0.15) is 0 Å². The quantitative estimate of drug-likeness (QED) is 0.424. The van der Waals surface area contributed by atoms with Gasteiger partial charge < -0.3 is 20.5 Å². The van der Waals surface area contributed by atoms with Gasteiger partial charge in [0.1, 0.15) is 0 Å². The number of benzene rings is 1. The molecule has 0 aliphatic carbocycles. The number of rotatable bonds is 6. The third-order valence-corrected chi connectivity index (χ3v) is 5.41. The second-order valence-electron chi connectivity index (χ2n) is 7.51. The van der Waals surface area contributed by atoms with Gasteiger partial charge in [0.2, 0.25) is 0 Å². The molecule has 0 saturated carbocycles. The first-order valence-corrected chi connectivity index (χ1v) is 9.93. The topological polar surface area (TPSA) is 55.5 Å². The average Bonchev–Trinajstić information content (AvgIpc) is 3.08. The molecule has 0 bridgehead atoms. The van der Waals surface area contributed by atoms with Crippen molar-refractivity contribution in [2.24, 2.45) is 4.99 Å². The summed E-state index contributed by atoms with van der Waals surface area (Å²) in [5.74, 6) is 0.937. The number of aryl methyl sites for hydroxylation is 1. The third-order valence-electron chi connectivity index (χ3n) is 5.41. The fraction of sp³-hybridized carbons (Fsp3) is 0.571. The molecule has 1 aliphatic heterocycles. The zero-order valence-electron chi connectivity index (χ0n) is 16.4. The van der Waals surface area contributed by atoms with E-state index in [1.54, 1.807) is 0 Å². The van der Waals surface area contributed by atoms with Crippen molar-refractivity contribution in [2.75, 3.05) is 26.7 Å². The number of aromatic nitrogens is 1. The van der Waals surface area contributed by atoms with Crippen LogP contribution in [-0.4, -0.2) is 54.6 Å². The number of aliphatic imine (C=N–C) groups is 1. The van der Waals surface area contributed by atoms with Crippen LogP contribution in [0.5, 0.6) is 0 Å². The number of fused-ring (bicyclic) bond motifs is 1. The van der Waals surface area contributed by atoms with Gasteiger partial charge in [-0.05, 0) is 51.2 Å². The summed E-state index contributed by atoms with van der Waals surface area (Å²) in [5.41, 5.74) is 2.62. The Hall–Kier alpha value is -2.01. The van der Waals surface area contributed by atoms with Crippen LogP contribution in [0.1, 0.15) is 38.7 Å². The van der Waals surface area contributed by atoms with E-state index in [0.717, 1.165) is 25.3 Å². The lowest BCUT2D eigenvalue weighted by atomic mass is 10.0. The molecule has 142 valence electrons. The molecule has 1 aromatic carbocycles. The summed E-state index contributed by atoms with van der Waals surface area (Å²) in [6, 6.07) is 9.69. The molecule has 0 spiro atoms. The van der Waals surface area contributed by atoms with Gasteiger partial charge in [-0.15, -0.1) is 0 Å². The van der Waals surface area contributed by atoms with Crippen molar-refractivity contribution in [2.45, 2.75) is 51.6 Å². The number of aromatic amines is 1. The highest BCUT2D eigenvalue weighted by molar-refractivity contribution is 5.83. The number of para-hydroxylation sites is 1. The summed E-state index contributed by atoms with van der Waals surface area (Å²) < 4.78 is 0. The van der Waals surface area contributed by atoms with Crippen LogP contribution >= 0.6 is 0 Å². The van der Waals surface area contributed by atoms with Crippen molar-refractivity contribution >= 4 is 16.9 Å². The summed E-state index contributed by atoms with van der Waals surface area (Å²) in [5, 5.41) is 8.41. The normalized spacial score (nSPS) is 17.2. The van der Waals surface area contributed by atoms with Crippen LogP contribution in [0.3, 0.4) is 0 Å². The molecule has 2 heterocycles. The molecule has 1 aliphatic rings. The van der Waals surface area contributed by atoms with E-state index in [0.29, 0.717) is 12.1 Å². The number of nitrogens with zero attached hydrogens (tertiary/aromatic N) is 2. The van der Waals surface area contributed by atoms with Crippen LogP contribution in [0.25, 0.3) is 10.9 Å². The first-order chi connectivity index (χ1) is 12.7. The minimum Gasteiger partial charge on any atom is -0.361 e. The third kappa shape index (κ3) is 4.79. The average molecular weight is 356 g/mol. The number of guanidine groups is 1. The molecule has 1 aromatic heterocycles. The van der Waals surface area contributed by atoms with Crippen LogP contribution < -0.4 is 10.6 Å². The molecule has 0 radical (unpaired) electrons. The van der Waals surface area contributed by atoms with Crippen molar-refractivity contribution in [1.82, 2.24) is 20.5 Å². The molecular weight excluding hydrogens is 322 g/mol. The second-order valence-corrected chi connectivity index (χ2v) is 7.51. The van der Waals surface area contributed by atoms with E-state index in [2.05, 4.69) is 69.8 Å². The SMILES string of the molecule is CN=C(NCCCc1c[nH]c2ccccc12)NC1CCN(C(C)C)CC1. The Morgan fingerprint density at radius 1 is 1.27 bits per heavy atom. The molecule has 3 rings (SSSR count). The van der Waals surface area contributed by atoms with Gasteiger partial charge in [0, 0.05) is 55.9 Å². The van der Waals surface area contributed by atoms with Crippen LogP contribution in [0.2, 0.25) is 0 Å². The Bertz CT molecular complexity index is 710. The molecule has 26 heavy (non-hydrogen) atoms. The molecular formula is C21H33N5. The zero-order valence-corrected chi connectivity index (χ0v) is 16.4. The molecule has 2 aromatic rings. The number of hydrogen-bond donors (Lipinski definition) is 3. The zero-order chi connectivity index (χ0) is 18.4. The minimum atomic E-state index is 0.532. The Morgan fingerprint density at radius 2 is 2.04 bits per heavy atom. The van der Waals surface area contributed by atoms with Gasteiger partial charge in [0.05, 0.1) is 0 Å². The predicted octanol–water partition coefficient (Wildman–Crippen LogP) is 3.14. The molecule has 3 N–H and O–H groups in total. The van der Waals surface area contributed by atoms with E-state index in [-0.39, 0.29) is 0 Å². The highest BCUT2D eigenvalue weighted by atomic mass is 15.2. The molecule has 0 unspecified atom stereocenters. The summed E-state index contributed by atoms with van der Waals surface area (Å²) in [7, 11) is 1.86. The molecule has 0 atom stereocenters. The van der Waals surface area contributed by atoms with Crippen molar-refractivity contribution in [3.8, 4) is 0 Å². The van der Waals surface area contributed by atoms with Crippen molar-refractivity contribution in [1.29, 1.82) is 0 Å². The smallest absolute Gasteiger partial charge is 0.191 e. The lowest BCUT2D eigenvalue weighted by molar-refractivity contribution is 0.167. The Labute approximate surface area is 157 Å². The summed E-state index contributed by atoms with van der Waals surface area (Å²) >= 11 is 0. The van der Waals surface area contributed by atoms with E-state index in [1.165, 1.54) is 42.4 Å². The maximum Gasteiger partial charge on any atom is 0.191 e. The standard InChI is InChI=1S/C21H33N5/c1-16(2)26-13-10-18(11-14-26)25-21(22-3)23-12-6-7-17-15-24-20-9-5-4-8-19(17)20/h4-5,8-9,15-16,18,24H,6-7,10-14H2,1-3H3,(H2,22,23,25). The molecule has 1 fully saturated rings. The number of piperidine rings is 1. The lowest BCUT2D eigenvalue weighted by Gasteiger charge is -2.35. The first-order valence-electron chi connectivity index (χ1n) is 9.93.